The molecule has 32 heavy (non-hydrogen) atoms. The van der Waals surface area contributed by atoms with Crippen LogP contribution in [0.3, 0.4) is 0 Å². The normalized spacial score (nSPS) is 11.2. The molecule has 4 rings (SSSR count). The summed E-state index contributed by atoms with van der Waals surface area (Å²) >= 11 is 0. The van der Waals surface area contributed by atoms with Crippen LogP contribution in [0.1, 0.15) is 12.0 Å². The van der Waals surface area contributed by atoms with Crippen molar-refractivity contribution in [1.29, 1.82) is 0 Å². The van der Waals surface area contributed by atoms with Crippen molar-refractivity contribution < 1.29 is 17.9 Å². The first kappa shape index (κ1) is 21.5. The largest absolute Gasteiger partial charge is 0.461 e. The van der Waals surface area contributed by atoms with Gasteiger partial charge in [0.15, 0.2) is 9.84 Å². The molecule has 0 atom stereocenters. The Kier molecular flexibility index (Phi) is 6.47. The molecular formula is C25H22N2O4S. The van der Waals surface area contributed by atoms with E-state index in [1.165, 1.54) is 12.1 Å². The van der Waals surface area contributed by atoms with Gasteiger partial charge in [-0.1, -0.05) is 66.7 Å². The predicted molar refractivity (Wildman–Crippen MR) is 122 cm³/mol. The number of hydrogen-bond acceptors (Lipinski definition) is 5. The van der Waals surface area contributed by atoms with Crippen molar-refractivity contribution in [3.63, 3.8) is 0 Å². The molecule has 0 saturated carbocycles. The van der Waals surface area contributed by atoms with Gasteiger partial charge in [0.05, 0.1) is 28.5 Å². The highest BCUT2D eigenvalue weighted by Crippen LogP contribution is 2.24. The highest BCUT2D eigenvalue weighted by atomic mass is 32.2. The molecule has 0 amide bonds. The number of esters is 1. The number of ether oxygens (including phenoxy) is 1. The fraction of sp³-hybridized carbons (Fsp3) is 0.120. The zero-order valence-electron chi connectivity index (χ0n) is 17.3. The van der Waals surface area contributed by atoms with Crippen molar-refractivity contribution in [2.45, 2.75) is 17.9 Å². The van der Waals surface area contributed by atoms with Crippen LogP contribution >= 0.6 is 0 Å². The first-order valence-electron chi connectivity index (χ1n) is 10.2. The number of sulfone groups is 1. The Labute approximate surface area is 187 Å². The molecule has 1 heterocycles. The molecule has 0 bridgehead atoms. The van der Waals surface area contributed by atoms with Crippen molar-refractivity contribution in [2.24, 2.45) is 0 Å². The quantitative estimate of drug-likeness (QED) is 0.374. The molecule has 0 radical (unpaired) electrons. The van der Waals surface area contributed by atoms with E-state index in [2.05, 4.69) is 5.10 Å². The smallest absolute Gasteiger partial charge is 0.307 e. The van der Waals surface area contributed by atoms with Crippen molar-refractivity contribution in [2.75, 3.05) is 5.75 Å². The first-order valence-corrected chi connectivity index (χ1v) is 11.8. The van der Waals surface area contributed by atoms with E-state index in [0.29, 0.717) is 5.69 Å². The van der Waals surface area contributed by atoms with Crippen LogP contribution < -0.4 is 0 Å². The Morgan fingerprint density at radius 1 is 0.844 bits per heavy atom. The lowest BCUT2D eigenvalue weighted by molar-refractivity contribution is -0.144. The van der Waals surface area contributed by atoms with Gasteiger partial charge >= 0.3 is 5.97 Å². The van der Waals surface area contributed by atoms with Crippen LogP contribution in [0.5, 0.6) is 0 Å². The van der Waals surface area contributed by atoms with E-state index in [1.54, 1.807) is 22.9 Å². The summed E-state index contributed by atoms with van der Waals surface area (Å²) in [4.78, 5) is 12.5. The Morgan fingerprint density at radius 3 is 2.09 bits per heavy atom. The molecular weight excluding hydrogens is 424 g/mol. The van der Waals surface area contributed by atoms with Crippen LogP contribution in [0.15, 0.2) is 102 Å². The zero-order valence-corrected chi connectivity index (χ0v) is 18.1. The Hall–Kier alpha value is -3.71. The minimum atomic E-state index is -3.54. The summed E-state index contributed by atoms with van der Waals surface area (Å²) in [5.74, 6) is -0.874. The number of aromatic nitrogens is 2. The molecule has 0 N–H and O–H groups in total. The third kappa shape index (κ3) is 5.12. The van der Waals surface area contributed by atoms with Gasteiger partial charge in [-0.15, -0.1) is 0 Å². The van der Waals surface area contributed by atoms with E-state index in [-0.39, 0.29) is 23.7 Å². The maximum Gasteiger partial charge on any atom is 0.307 e. The minimum absolute atomic E-state index is 0.00127. The summed E-state index contributed by atoms with van der Waals surface area (Å²) in [6.45, 7) is 0.00127. The van der Waals surface area contributed by atoms with E-state index in [4.69, 9.17) is 4.74 Å². The summed E-state index contributed by atoms with van der Waals surface area (Å²) in [5, 5.41) is 4.68. The molecule has 162 valence electrons. The van der Waals surface area contributed by atoms with Gasteiger partial charge in [0.1, 0.15) is 6.61 Å². The standard InChI is InChI=1S/C25H22N2O4S/c28-24(16-17-32(29,30)23-14-8-3-9-15-23)31-19-21-18-27(22-12-6-2-7-13-22)26-25(21)20-10-4-1-5-11-20/h1-15,18H,16-17,19H2. The topological polar surface area (TPSA) is 78.3 Å². The number of benzene rings is 3. The number of rotatable bonds is 8. The monoisotopic (exact) mass is 446 g/mol. The summed E-state index contributed by atoms with van der Waals surface area (Å²) in [7, 11) is -3.54. The number of carbonyl (C=O) groups is 1. The third-order valence-electron chi connectivity index (χ3n) is 4.92. The number of hydrogen-bond donors (Lipinski definition) is 0. The second-order valence-corrected chi connectivity index (χ2v) is 9.30. The lowest BCUT2D eigenvalue weighted by Gasteiger charge is -2.06. The van der Waals surface area contributed by atoms with Gasteiger partial charge in [-0.3, -0.25) is 4.79 Å². The van der Waals surface area contributed by atoms with E-state index >= 15 is 0 Å². The Bertz CT molecular complexity index is 1290. The highest BCUT2D eigenvalue weighted by molar-refractivity contribution is 7.91. The summed E-state index contributed by atoms with van der Waals surface area (Å²) < 4.78 is 31.9. The van der Waals surface area contributed by atoms with Crippen molar-refractivity contribution >= 4 is 15.8 Å². The van der Waals surface area contributed by atoms with Gasteiger partial charge in [0, 0.05) is 17.3 Å². The van der Waals surface area contributed by atoms with E-state index < -0.39 is 15.8 Å². The zero-order chi connectivity index (χ0) is 22.4. The molecule has 0 spiro atoms. The average molecular weight is 447 g/mol. The summed E-state index contributed by atoms with van der Waals surface area (Å²) in [6, 6.07) is 27.4. The number of carbonyl (C=O) groups excluding carboxylic acids is 1. The SMILES string of the molecule is O=C(CCS(=O)(=O)c1ccccc1)OCc1cn(-c2ccccc2)nc1-c1ccccc1. The van der Waals surface area contributed by atoms with Crippen molar-refractivity contribution in [3.05, 3.63) is 103 Å². The van der Waals surface area contributed by atoms with Crippen LogP contribution in [-0.2, 0) is 26.0 Å². The van der Waals surface area contributed by atoms with Gasteiger partial charge in [-0.05, 0) is 24.3 Å². The third-order valence-corrected chi connectivity index (χ3v) is 6.66. The molecule has 7 heteroatoms. The van der Waals surface area contributed by atoms with Gasteiger partial charge < -0.3 is 4.74 Å². The summed E-state index contributed by atoms with van der Waals surface area (Å²) in [5.41, 5.74) is 3.23. The second kappa shape index (κ2) is 9.62. The van der Waals surface area contributed by atoms with Crippen LogP contribution in [0.2, 0.25) is 0 Å². The first-order chi connectivity index (χ1) is 15.5. The fourth-order valence-corrected chi connectivity index (χ4v) is 4.50. The summed E-state index contributed by atoms with van der Waals surface area (Å²) in [6.07, 6.45) is 1.61. The minimum Gasteiger partial charge on any atom is -0.461 e. The van der Waals surface area contributed by atoms with Gasteiger partial charge in [-0.25, -0.2) is 13.1 Å². The van der Waals surface area contributed by atoms with Gasteiger partial charge in [0.25, 0.3) is 0 Å². The molecule has 0 aliphatic carbocycles. The average Bonchev–Trinajstić information content (AvgIpc) is 3.27. The Morgan fingerprint density at radius 2 is 1.44 bits per heavy atom. The van der Waals surface area contributed by atoms with Crippen LogP contribution in [0.4, 0.5) is 0 Å². The molecule has 4 aromatic rings. The molecule has 0 aliphatic rings. The fourth-order valence-electron chi connectivity index (χ4n) is 3.26. The molecule has 0 unspecified atom stereocenters. The van der Waals surface area contributed by atoms with E-state index in [9.17, 15) is 13.2 Å². The predicted octanol–water partition coefficient (Wildman–Crippen LogP) is 4.45. The van der Waals surface area contributed by atoms with Crippen LogP contribution in [-0.4, -0.2) is 29.9 Å². The molecule has 6 nitrogen and oxygen atoms in total. The molecule has 0 aliphatic heterocycles. The Balaban J connectivity index is 1.47. The maximum atomic E-state index is 12.4. The van der Waals surface area contributed by atoms with Gasteiger partial charge in [0.2, 0.25) is 0 Å². The van der Waals surface area contributed by atoms with Crippen LogP contribution in [0.25, 0.3) is 16.9 Å². The molecule has 0 saturated heterocycles. The molecule has 1 aromatic heterocycles. The van der Waals surface area contributed by atoms with E-state index in [0.717, 1.165) is 16.8 Å². The second-order valence-electron chi connectivity index (χ2n) is 7.19. The molecule has 3 aromatic carbocycles. The maximum absolute atomic E-state index is 12.4. The number of para-hydroxylation sites is 1. The van der Waals surface area contributed by atoms with Crippen molar-refractivity contribution in [1.82, 2.24) is 9.78 Å². The molecule has 0 fully saturated rings. The van der Waals surface area contributed by atoms with Crippen molar-refractivity contribution in [3.8, 4) is 16.9 Å². The highest BCUT2D eigenvalue weighted by Gasteiger charge is 2.18. The van der Waals surface area contributed by atoms with E-state index in [1.807, 2.05) is 66.9 Å². The number of nitrogens with zero attached hydrogens (tertiary/aromatic N) is 2. The lowest BCUT2D eigenvalue weighted by atomic mass is 10.1. The lowest BCUT2D eigenvalue weighted by Crippen LogP contribution is -2.13. The van der Waals surface area contributed by atoms with Crippen LogP contribution in [0, 0.1) is 0 Å². The van der Waals surface area contributed by atoms with Gasteiger partial charge in [-0.2, -0.15) is 5.10 Å².